The van der Waals surface area contributed by atoms with Gasteiger partial charge in [-0.3, -0.25) is 0 Å². The Morgan fingerprint density at radius 2 is 2.00 bits per heavy atom. The summed E-state index contributed by atoms with van der Waals surface area (Å²) in [5, 5.41) is 9.83. The van der Waals surface area contributed by atoms with E-state index in [2.05, 4.69) is 20.4 Å². The summed E-state index contributed by atoms with van der Waals surface area (Å²) in [6.07, 6.45) is 4.84. The zero-order chi connectivity index (χ0) is 10.6. The highest BCUT2D eigenvalue weighted by molar-refractivity contribution is 5.09. The molecule has 82 valence electrons. The highest BCUT2D eigenvalue weighted by atomic mass is 16.5. The van der Waals surface area contributed by atoms with Gasteiger partial charge >= 0.3 is 0 Å². The Morgan fingerprint density at radius 3 is 2.57 bits per heavy atom. The Kier molecular flexibility index (Phi) is 4.63. The van der Waals surface area contributed by atoms with Crippen molar-refractivity contribution < 1.29 is 9.84 Å². The minimum absolute atomic E-state index is 0.0159. The Morgan fingerprint density at radius 1 is 1.36 bits per heavy atom. The van der Waals surface area contributed by atoms with Gasteiger partial charge in [0.2, 0.25) is 0 Å². The summed E-state index contributed by atoms with van der Waals surface area (Å²) < 4.78 is 5.84. The van der Waals surface area contributed by atoms with Crippen LogP contribution in [0.5, 0.6) is 0 Å². The summed E-state index contributed by atoms with van der Waals surface area (Å²) in [6, 6.07) is 0. The van der Waals surface area contributed by atoms with E-state index in [1.54, 1.807) is 0 Å². The van der Waals surface area contributed by atoms with E-state index in [1.807, 2.05) is 0 Å². The lowest BCUT2D eigenvalue weighted by Gasteiger charge is -2.35. The minimum Gasteiger partial charge on any atom is -0.386 e. The summed E-state index contributed by atoms with van der Waals surface area (Å²) in [5.74, 6) is 0. The van der Waals surface area contributed by atoms with E-state index in [1.165, 1.54) is 0 Å². The molecule has 0 spiro atoms. The molecule has 2 nitrogen and oxygen atoms in total. The van der Waals surface area contributed by atoms with Gasteiger partial charge in [-0.05, 0) is 24.8 Å². The van der Waals surface area contributed by atoms with Crippen molar-refractivity contribution in [2.45, 2.75) is 64.3 Å². The molecule has 0 aromatic rings. The van der Waals surface area contributed by atoms with Crippen LogP contribution in [0.25, 0.3) is 0 Å². The van der Waals surface area contributed by atoms with Crippen molar-refractivity contribution in [2.75, 3.05) is 0 Å². The molecule has 2 heteroatoms. The molecule has 1 saturated heterocycles. The van der Waals surface area contributed by atoms with Gasteiger partial charge < -0.3 is 9.84 Å². The van der Waals surface area contributed by atoms with Crippen molar-refractivity contribution in [3.63, 3.8) is 0 Å². The fourth-order valence-corrected chi connectivity index (χ4v) is 2.05. The van der Waals surface area contributed by atoms with E-state index < -0.39 is 6.10 Å². The fourth-order valence-electron chi connectivity index (χ4n) is 2.05. The molecular weight excluding hydrogens is 176 g/mol. The van der Waals surface area contributed by atoms with E-state index >= 15 is 0 Å². The van der Waals surface area contributed by atoms with Crippen molar-refractivity contribution in [3.8, 4) is 0 Å². The van der Waals surface area contributed by atoms with Crippen molar-refractivity contribution in [3.05, 3.63) is 12.2 Å². The second-order valence-electron chi connectivity index (χ2n) is 4.18. The first kappa shape index (κ1) is 11.7. The lowest BCUT2D eigenvalue weighted by Crippen LogP contribution is -2.40. The number of ether oxygens (including phenoxy) is 1. The molecule has 0 amide bonds. The van der Waals surface area contributed by atoms with Crippen molar-refractivity contribution in [1.82, 2.24) is 0 Å². The molecule has 3 atom stereocenters. The highest BCUT2D eigenvalue weighted by Crippen LogP contribution is 2.28. The Bertz CT molecular complexity index is 189. The molecule has 14 heavy (non-hydrogen) atoms. The lowest BCUT2D eigenvalue weighted by atomic mass is 9.92. The van der Waals surface area contributed by atoms with Crippen LogP contribution in [0.15, 0.2) is 12.2 Å². The van der Waals surface area contributed by atoms with Gasteiger partial charge in [0.25, 0.3) is 0 Å². The zero-order valence-corrected chi connectivity index (χ0v) is 9.33. The molecular formula is C12H22O2. The van der Waals surface area contributed by atoms with Crippen LogP contribution in [-0.4, -0.2) is 23.4 Å². The minimum atomic E-state index is -0.442. The topological polar surface area (TPSA) is 29.5 Å². The third kappa shape index (κ3) is 2.82. The highest BCUT2D eigenvalue weighted by Gasteiger charge is 2.31. The standard InChI is InChI=1S/C12H22O2/c1-4-6-10-8-9(3)12(13)11(14-10)7-5-2/h10-13H,3-8H2,1-2H3/t10-,11+,12+/m1/s1. The second kappa shape index (κ2) is 5.52. The molecule has 1 rings (SSSR count). The van der Waals surface area contributed by atoms with Crippen LogP contribution in [0, 0.1) is 0 Å². The van der Waals surface area contributed by atoms with Crippen LogP contribution < -0.4 is 0 Å². The third-order valence-corrected chi connectivity index (χ3v) is 2.81. The normalized spacial score (nSPS) is 33.4. The summed E-state index contributed by atoms with van der Waals surface area (Å²) in [4.78, 5) is 0. The average molecular weight is 198 g/mol. The first-order valence-electron chi connectivity index (χ1n) is 5.70. The monoisotopic (exact) mass is 198 g/mol. The maximum absolute atomic E-state index is 9.83. The van der Waals surface area contributed by atoms with E-state index in [4.69, 9.17) is 4.74 Å². The maximum Gasteiger partial charge on any atom is 0.101 e. The SMILES string of the molecule is C=C1C[C@@H](CCC)O[C@@H](CCC)[C@H]1O. The van der Waals surface area contributed by atoms with E-state index in [0.29, 0.717) is 0 Å². The summed E-state index contributed by atoms with van der Waals surface area (Å²) in [5.41, 5.74) is 0.952. The first-order chi connectivity index (χ1) is 6.69. The average Bonchev–Trinajstić information content (AvgIpc) is 2.14. The van der Waals surface area contributed by atoms with E-state index in [0.717, 1.165) is 37.7 Å². The maximum atomic E-state index is 9.83. The van der Waals surface area contributed by atoms with Crippen LogP contribution in [-0.2, 0) is 4.74 Å². The molecule has 1 aliphatic rings. The second-order valence-corrected chi connectivity index (χ2v) is 4.18. The van der Waals surface area contributed by atoms with Crippen LogP contribution >= 0.6 is 0 Å². The molecule has 0 saturated carbocycles. The van der Waals surface area contributed by atoms with Crippen LogP contribution in [0.3, 0.4) is 0 Å². The van der Waals surface area contributed by atoms with Crippen molar-refractivity contribution in [1.29, 1.82) is 0 Å². The quantitative estimate of drug-likeness (QED) is 0.704. The Labute approximate surface area is 87.0 Å². The lowest BCUT2D eigenvalue weighted by molar-refractivity contribution is -0.0962. The van der Waals surface area contributed by atoms with Crippen molar-refractivity contribution in [2.24, 2.45) is 0 Å². The molecule has 1 aliphatic heterocycles. The van der Waals surface area contributed by atoms with E-state index in [9.17, 15) is 5.11 Å². The molecule has 1 fully saturated rings. The Hall–Kier alpha value is -0.340. The largest absolute Gasteiger partial charge is 0.386 e. The molecule has 1 N–H and O–H groups in total. The van der Waals surface area contributed by atoms with Crippen molar-refractivity contribution >= 4 is 0 Å². The fraction of sp³-hybridized carbons (Fsp3) is 0.833. The number of hydrogen-bond acceptors (Lipinski definition) is 2. The van der Waals surface area contributed by atoms with Crippen LogP contribution in [0.2, 0.25) is 0 Å². The summed E-state index contributed by atoms with van der Waals surface area (Å²) >= 11 is 0. The third-order valence-electron chi connectivity index (χ3n) is 2.81. The number of aliphatic hydroxyl groups is 1. The van der Waals surface area contributed by atoms with E-state index in [-0.39, 0.29) is 12.2 Å². The van der Waals surface area contributed by atoms with Gasteiger partial charge in [0.1, 0.15) is 6.10 Å². The number of aliphatic hydroxyl groups excluding tert-OH is 1. The molecule has 0 bridgehead atoms. The molecule has 0 aliphatic carbocycles. The van der Waals surface area contributed by atoms with Gasteiger partial charge in [0.15, 0.2) is 0 Å². The predicted molar refractivity (Wildman–Crippen MR) is 58.2 cm³/mol. The van der Waals surface area contributed by atoms with Crippen LogP contribution in [0.4, 0.5) is 0 Å². The van der Waals surface area contributed by atoms with Gasteiger partial charge in [0, 0.05) is 0 Å². The van der Waals surface area contributed by atoms with Gasteiger partial charge in [-0.15, -0.1) is 0 Å². The molecule has 0 aromatic heterocycles. The summed E-state index contributed by atoms with van der Waals surface area (Å²) in [6.45, 7) is 8.20. The molecule has 0 unspecified atom stereocenters. The molecule has 1 heterocycles. The first-order valence-corrected chi connectivity index (χ1v) is 5.70. The van der Waals surface area contributed by atoms with Gasteiger partial charge in [-0.2, -0.15) is 0 Å². The number of rotatable bonds is 4. The smallest absolute Gasteiger partial charge is 0.101 e. The van der Waals surface area contributed by atoms with Gasteiger partial charge in [-0.25, -0.2) is 0 Å². The molecule has 0 radical (unpaired) electrons. The van der Waals surface area contributed by atoms with Gasteiger partial charge in [-0.1, -0.05) is 33.3 Å². The Balaban J connectivity index is 2.52. The molecule has 0 aromatic carbocycles. The van der Waals surface area contributed by atoms with Crippen LogP contribution in [0.1, 0.15) is 46.0 Å². The summed E-state index contributed by atoms with van der Waals surface area (Å²) in [7, 11) is 0. The van der Waals surface area contributed by atoms with Gasteiger partial charge in [0.05, 0.1) is 12.2 Å². The predicted octanol–water partition coefficient (Wildman–Crippen LogP) is 2.66. The zero-order valence-electron chi connectivity index (χ0n) is 9.33. The number of hydrogen-bond donors (Lipinski definition) is 1.